The molecule has 0 radical (unpaired) electrons. The predicted molar refractivity (Wildman–Crippen MR) is 91.2 cm³/mol. The molecular formula is C18H15BrO4. The number of rotatable bonds is 5. The van der Waals surface area contributed by atoms with Crippen LogP contribution in [0.15, 0.2) is 46.9 Å². The van der Waals surface area contributed by atoms with Crippen molar-refractivity contribution in [3.63, 3.8) is 0 Å². The molecule has 1 heterocycles. The van der Waals surface area contributed by atoms with Gasteiger partial charge >= 0.3 is 0 Å². The number of ether oxygens (including phenoxy) is 3. The van der Waals surface area contributed by atoms with Crippen molar-refractivity contribution in [1.29, 1.82) is 0 Å². The maximum absolute atomic E-state index is 12.2. The summed E-state index contributed by atoms with van der Waals surface area (Å²) in [6.07, 6.45) is 3.29. The van der Waals surface area contributed by atoms with E-state index >= 15 is 0 Å². The Bertz CT molecular complexity index is 750. The average molecular weight is 375 g/mol. The molecule has 0 amide bonds. The van der Waals surface area contributed by atoms with Crippen LogP contribution in [0.4, 0.5) is 0 Å². The second-order valence-corrected chi connectivity index (χ2v) is 5.74. The third-order valence-corrected chi connectivity index (χ3v) is 4.04. The van der Waals surface area contributed by atoms with Crippen molar-refractivity contribution < 1.29 is 19.0 Å². The highest BCUT2D eigenvalue weighted by atomic mass is 79.9. The lowest BCUT2D eigenvalue weighted by Crippen LogP contribution is -1.96. The van der Waals surface area contributed by atoms with E-state index in [4.69, 9.17) is 14.2 Å². The molecule has 2 aromatic carbocycles. The van der Waals surface area contributed by atoms with Crippen molar-refractivity contribution in [2.24, 2.45) is 0 Å². The molecule has 3 rings (SSSR count). The van der Waals surface area contributed by atoms with Gasteiger partial charge in [-0.25, -0.2) is 0 Å². The summed E-state index contributed by atoms with van der Waals surface area (Å²) >= 11 is 3.47. The summed E-state index contributed by atoms with van der Waals surface area (Å²) in [4.78, 5) is 12.2. The average Bonchev–Trinajstić information content (AvgIpc) is 3.00. The van der Waals surface area contributed by atoms with E-state index in [0.717, 1.165) is 15.8 Å². The monoisotopic (exact) mass is 374 g/mol. The number of halogens is 1. The van der Waals surface area contributed by atoms with Crippen molar-refractivity contribution >= 4 is 27.8 Å². The highest BCUT2D eigenvalue weighted by molar-refractivity contribution is 9.10. The van der Waals surface area contributed by atoms with Crippen LogP contribution in [-0.2, 0) is 0 Å². The number of carbonyl (C=O) groups is 1. The lowest BCUT2D eigenvalue weighted by Gasteiger charge is -2.03. The Hall–Kier alpha value is -2.27. The minimum atomic E-state index is -0.0717. The van der Waals surface area contributed by atoms with Crippen LogP contribution in [-0.4, -0.2) is 19.2 Å². The molecular weight excluding hydrogens is 360 g/mol. The molecule has 4 nitrogen and oxygen atoms in total. The predicted octanol–water partition coefficient (Wildman–Crippen LogP) is 4.47. The molecule has 0 aliphatic carbocycles. The van der Waals surface area contributed by atoms with E-state index in [1.54, 1.807) is 30.3 Å². The van der Waals surface area contributed by atoms with Gasteiger partial charge in [0.1, 0.15) is 5.75 Å². The Kier molecular flexibility index (Phi) is 4.67. The first-order valence-corrected chi connectivity index (χ1v) is 8.01. The highest BCUT2D eigenvalue weighted by Gasteiger charge is 2.15. The van der Waals surface area contributed by atoms with Gasteiger partial charge in [-0.05, 0) is 61.0 Å². The van der Waals surface area contributed by atoms with E-state index in [1.807, 2.05) is 19.1 Å². The molecule has 0 atom stereocenters. The molecule has 0 fully saturated rings. The van der Waals surface area contributed by atoms with Crippen LogP contribution < -0.4 is 14.2 Å². The molecule has 1 aliphatic rings. The van der Waals surface area contributed by atoms with Crippen LogP contribution in [0, 0.1) is 0 Å². The minimum Gasteiger partial charge on any atom is -0.494 e. The van der Waals surface area contributed by atoms with Crippen LogP contribution in [0.3, 0.4) is 0 Å². The zero-order valence-corrected chi connectivity index (χ0v) is 14.1. The van der Waals surface area contributed by atoms with Crippen molar-refractivity contribution in [1.82, 2.24) is 0 Å². The topological polar surface area (TPSA) is 44.8 Å². The molecule has 1 aliphatic heterocycles. The number of allylic oxidation sites excluding steroid dienone is 1. The Morgan fingerprint density at radius 2 is 1.91 bits per heavy atom. The number of hydrogen-bond donors (Lipinski definition) is 0. The largest absolute Gasteiger partial charge is 0.494 e. The number of carbonyl (C=O) groups excluding carboxylic acids is 1. The van der Waals surface area contributed by atoms with Crippen LogP contribution >= 0.6 is 15.9 Å². The number of hydrogen-bond acceptors (Lipinski definition) is 4. The molecule has 2 aromatic rings. The summed E-state index contributed by atoms with van der Waals surface area (Å²) in [6, 6.07) is 10.8. The van der Waals surface area contributed by atoms with Gasteiger partial charge in [0.25, 0.3) is 0 Å². The van der Waals surface area contributed by atoms with Crippen LogP contribution in [0.2, 0.25) is 0 Å². The summed E-state index contributed by atoms with van der Waals surface area (Å²) in [5.74, 6) is 2.07. The van der Waals surface area contributed by atoms with Gasteiger partial charge < -0.3 is 14.2 Å². The summed E-state index contributed by atoms with van der Waals surface area (Å²) in [5, 5.41) is 0. The molecule has 23 heavy (non-hydrogen) atoms. The second-order valence-electron chi connectivity index (χ2n) is 4.88. The van der Waals surface area contributed by atoms with Crippen molar-refractivity contribution in [3.8, 4) is 17.2 Å². The third-order valence-electron chi connectivity index (χ3n) is 3.36. The molecule has 0 bridgehead atoms. The standard InChI is InChI=1S/C18H15BrO4/c1-2-21-14-6-3-12(4-7-14)16(20)8-5-13-9-17-18(10-15(13)19)23-11-22-17/h3-10H,2,11H2,1H3/b8-5+. The zero-order chi connectivity index (χ0) is 16.2. The summed E-state index contributed by atoms with van der Waals surface area (Å²) < 4.78 is 16.9. The van der Waals surface area contributed by atoms with E-state index in [0.29, 0.717) is 23.7 Å². The Morgan fingerprint density at radius 1 is 1.22 bits per heavy atom. The lowest BCUT2D eigenvalue weighted by atomic mass is 10.1. The quantitative estimate of drug-likeness (QED) is 0.571. The molecule has 0 N–H and O–H groups in total. The van der Waals surface area contributed by atoms with Crippen molar-refractivity contribution in [2.75, 3.05) is 13.4 Å². The highest BCUT2D eigenvalue weighted by Crippen LogP contribution is 2.37. The number of ketones is 1. The fourth-order valence-corrected chi connectivity index (χ4v) is 2.66. The van der Waals surface area contributed by atoms with Gasteiger partial charge in [0, 0.05) is 10.0 Å². The van der Waals surface area contributed by atoms with Crippen LogP contribution in [0.1, 0.15) is 22.8 Å². The lowest BCUT2D eigenvalue weighted by molar-refractivity contribution is 0.104. The SMILES string of the molecule is CCOc1ccc(C(=O)/C=C/c2cc3c(cc2Br)OCO3)cc1. The fourth-order valence-electron chi connectivity index (χ4n) is 2.20. The van der Waals surface area contributed by atoms with Gasteiger partial charge in [-0.15, -0.1) is 0 Å². The van der Waals surface area contributed by atoms with E-state index < -0.39 is 0 Å². The van der Waals surface area contributed by atoms with Crippen molar-refractivity contribution in [3.05, 3.63) is 58.1 Å². The van der Waals surface area contributed by atoms with Crippen molar-refractivity contribution in [2.45, 2.75) is 6.92 Å². The number of benzene rings is 2. The van der Waals surface area contributed by atoms with E-state index in [9.17, 15) is 4.79 Å². The first-order valence-electron chi connectivity index (χ1n) is 7.22. The summed E-state index contributed by atoms with van der Waals surface area (Å²) in [5.41, 5.74) is 1.47. The van der Waals surface area contributed by atoms with E-state index in [-0.39, 0.29) is 12.6 Å². The Labute approximate surface area is 142 Å². The maximum atomic E-state index is 12.2. The van der Waals surface area contributed by atoms with Gasteiger partial charge in [0.15, 0.2) is 17.3 Å². The smallest absolute Gasteiger partial charge is 0.231 e. The summed E-state index contributed by atoms with van der Waals surface area (Å²) in [7, 11) is 0. The zero-order valence-electron chi connectivity index (χ0n) is 12.5. The van der Waals surface area contributed by atoms with Gasteiger partial charge in [-0.1, -0.05) is 15.9 Å². The molecule has 118 valence electrons. The minimum absolute atomic E-state index is 0.0717. The van der Waals surface area contributed by atoms with Crippen LogP contribution in [0.5, 0.6) is 17.2 Å². The molecule has 5 heteroatoms. The third kappa shape index (κ3) is 3.56. The second kappa shape index (κ2) is 6.87. The van der Waals surface area contributed by atoms with Gasteiger partial charge in [-0.3, -0.25) is 4.79 Å². The molecule has 0 saturated heterocycles. The fraction of sp³-hybridized carbons (Fsp3) is 0.167. The van der Waals surface area contributed by atoms with Gasteiger partial charge in [0.2, 0.25) is 6.79 Å². The summed E-state index contributed by atoms with van der Waals surface area (Å²) in [6.45, 7) is 2.75. The maximum Gasteiger partial charge on any atom is 0.231 e. The van der Waals surface area contributed by atoms with Crippen LogP contribution in [0.25, 0.3) is 6.08 Å². The van der Waals surface area contributed by atoms with E-state index in [1.165, 1.54) is 6.08 Å². The van der Waals surface area contributed by atoms with E-state index in [2.05, 4.69) is 15.9 Å². The normalized spacial score (nSPS) is 12.6. The Morgan fingerprint density at radius 3 is 2.61 bits per heavy atom. The van der Waals surface area contributed by atoms with Gasteiger partial charge in [-0.2, -0.15) is 0 Å². The number of fused-ring (bicyclic) bond motifs is 1. The molecule has 0 saturated carbocycles. The molecule has 0 spiro atoms. The Balaban J connectivity index is 1.76. The van der Waals surface area contributed by atoms with Gasteiger partial charge in [0.05, 0.1) is 6.61 Å². The molecule has 0 aromatic heterocycles. The molecule has 0 unspecified atom stereocenters. The first kappa shape index (κ1) is 15.6. The first-order chi connectivity index (χ1) is 11.2.